The molecule has 0 fully saturated rings. The summed E-state index contributed by atoms with van der Waals surface area (Å²) in [5.74, 6) is 0. The third-order valence-electron chi connectivity index (χ3n) is 2.96. The SMILES string of the molecule is C=Cc1sc(C)c(C2C=CNC(C)N2)c1C=C. The van der Waals surface area contributed by atoms with Gasteiger partial charge in [0.15, 0.2) is 0 Å². The summed E-state index contributed by atoms with van der Waals surface area (Å²) in [6.45, 7) is 12.1. The maximum absolute atomic E-state index is 3.92. The summed E-state index contributed by atoms with van der Waals surface area (Å²) in [5.41, 5.74) is 2.53. The molecule has 17 heavy (non-hydrogen) atoms. The predicted octanol–water partition coefficient (Wildman–Crippen LogP) is 3.44. The Balaban J connectivity index is 2.47. The molecular weight excluding hydrogens is 228 g/mol. The van der Waals surface area contributed by atoms with Gasteiger partial charge in [-0.05, 0) is 37.3 Å². The minimum absolute atomic E-state index is 0.254. The van der Waals surface area contributed by atoms with Crippen molar-refractivity contribution in [3.63, 3.8) is 0 Å². The Morgan fingerprint density at radius 2 is 2.12 bits per heavy atom. The molecule has 1 aliphatic heterocycles. The molecule has 0 aromatic carbocycles. The summed E-state index contributed by atoms with van der Waals surface area (Å²) < 4.78 is 0. The van der Waals surface area contributed by atoms with Gasteiger partial charge in [0.05, 0.1) is 12.2 Å². The van der Waals surface area contributed by atoms with E-state index in [9.17, 15) is 0 Å². The number of thiophene rings is 1. The van der Waals surface area contributed by atoms with Gasteiger partial charge in [-0.2, -0.15) is 0 Å². The highest BCUT2D eigenvalue weighted by Gasteiger charge is 2.21. The number of hydrogen-bond acceptors (Lipinski definition) is 3. The second-order valence-corrected chi connectivity index (χ2v) is 5.41. The van der Waals surface area contributed by atoms with Crippen LogP contribution in [-0.4, -0.2) is 6.17 Å². The lowest BCUT2D eigenvalue weighted by Crippen LogP contribution is -2.42. The van der Waals surface area contributed by atoms with Crippen LogP contribution in [0.15, 0.2) is 25.4 Å². The first kappa shape index (κ1) is 12.1. The van der Waals surface area contributed by atoms with E-state index in [2.05, 4.69) is 43.7 Å². The highest BCUT2D eigenvalue weighted by molar-refractivity contribution is 7.13. The van der Waals surface area contributed by atoms with Gasteiger partial charge in [0.25, 0.3) is 0 Å². The van der Waals surface area contributed by atoms with E-state index < -0.39 is 0 Å². The Morgan fingerprint density at radius 3 is 2.71 bits per heavy atom. The van der Waals surface area contributed by atoms with E-state index in [-0.39, 0.29) is 12.2 Å². The Morgan fingerprint density at radius 1 is 1.35 bits per heavy atom. The first-order chi connectivity index (χ1) is 8.17. The molecule has 2 N–H and O–H groups in total. The van der Waals surface area contributed by atoms with E-state index in [1.807, 2.05) is 18.4 Å². The molecule has 0 saturated carbocycles. The van der Waals surface area contributed by atoms with E-state index >= 15 is 0 Å². The largest absolute Gasteiger partial charge is 0.376 e. The van der Waals surface area contributed by atoms with E-state index in [1.165, 1.54) is 20.9 Å². The Bertz CT molecular complexity index is 471. The van der Waals surface area contributed by atoms with Crippen LogP contribution in [0.5, 0.6) is 0 Å². The van der Waals surface area contributed by atoms with Crippen LogP contribution in [0.4, 0.5) is 0 Å². The molecule has 2 heterocycles. The molecule has 0 radical (unpaired) electrons. The summed E-state index contributed by atoms with van der Waals surface area (Å²) in [6.07, 6.45) is 8.29. The molecule has 2 rings (SSSR count). The first-order valence-electron chi connectivity index (χ1n) is 5.74. The zero-order chi connectivity index (χ0) is 12.4. The molecule has 1 aromatic heterocycles. The van der Waals surface area contributed by atoms with Crippen molar-refractivity contribution in [2.45, 2.75) is 26.1 Å². The summed E-state index contributed by atoms with van der Waals surface area (Å²) in [5, 5.41) is 6.74. The molecule has 0 amide bonds. The van der Waals surface area contributed by atoms with Crippen molar-refractivity contribution < 1.29 is 0 Å². The molecule has 0 aliphatic carbocycles. The molecule has 1 aliphatic rings. The van der Waals surface area contributed by atoms with E-state index in [4.69, 9.17) is 0 Å². The molecular formula is C14H18N2S. The molecule has 2 atom stereocenters. The number of aryl methyl sites for hydroxylation is 1. The lowest BCUT2D eigenvalue weighted by Gasteiger charge is -2.26. The van der Waals surface area contributed by atoms with Crippen molar-refractivity contribution in [1.29, 1.82) is 0 Å². The maximum Gasteiger partial charge on any atom is 0.0741 e. The average Bonchev–Trinajstić information content (AvgIpc) is 2.65. The fourth-order valence-corrected chi connectivity index (χ4v) is 3.26. The molecule has 2 unspecified atom stereocenters. The second-order valence-electron chi connectivity index (χ2n) is 4.15. The summed E-state index contributed by atoms with van der Waals surface area (Å²) in [7, 11) is 0. The third-order valence-corrected chi connectivity index (χ3v) is 4.10. The van der Waals surface area contributed by atoms with Crippen LogP contribution >= 0.6 is 11.3 Å². The number of hydrogen-bond donors (Lipinski definition) is 2. The van der Waals surface area contributed by atoms with Crippen molar-refractivity contribution in [1.82, 2.24) is 10.6 Å². The first-order valence-corrected chi connectivity index (χ1v) is 6.56. The van der Waals surface area contributed by atoms with Crippen LogP contribution < -0.4 is 10.6 Å². The quantitative estimate of drug-likeness (QED) is 0.853. The van der Waals surface area contributed by atoms with Crippen molar-refractivity contribution in [2.24, 2.45) is 0 Å². The zero-order valence-electron chi connectivity index (χ0n) is 10.3. The maximum atomic E-state index is 3.92. The summed E-state index contributed by atoms with van der Waals surface area (Å²) >= 11 is 1.78. The van der Waals surface area contributed by atoms with Crippen molar-refractivity contribution >= 4 is 23.5 Å². The van der Waals surface area contributed by atoms with Gasteiger partial charge in [-0.1, -0.05) is 25.3 Å². The standard InChI is InChI=1S/C14H18N2S/c1-5-11-13(6-2)17-9(3)14(11)12-7-8-15-10(4)16-12/h5-8,10,12,15-16H,1-2H2,3-4H3. The van der Waals surface area contributed by atoms with E-state index in [1.54, 1.807) is 11.3 Å². The van der Waals surface area contributed by atoms with Crippen LogP contribution in [0.1, 0.15) is 33.8 Å². The van der Waals surface area contributed by atoms with E-state index in [0.29, 0.717) is 0 Å². The molecule has 1 aromatic rings. The molecule has 0 bridgehead atoms. The number of rotatable bonds is 3. The fraction of sp³-hybridized carbons (Fsp3) is 0.286. The lowest BCUT2D eigenvalue weighted by molar-refractivity contribution is 0.447. The third kappa shape index (κ3) is 2.21. The predicted molar refractivity (Wildman–Crippen MR) is 76.9 cm³/mol. The molecule has 90 valence electrons. The van der Waals surface area contributed by atoms with Crippen LogP contribution in [-0.2, 0) is 0 Å². The van der Waals surface area contributed by atoms with Gasteiger partial charge < -0.3 is 5.32 Å². The van der Waals surface area contributed by atoms with E-state index in [0.717, 1.165) is 0 Å². The smallest absolute Gasteiger partial charge is 0.0741 e. The van der Waals surface area contributed by atoms with Gasteiger partial charge in [-0.25, -0.2) is 0 Å². The monoisotopic (exact) mass is 246 g/mol. The molecule has 3 heteroatoms. The van der Waals surface area contributed by atoms with Crippen molar-refractivity contribution in [3.05, 3.63) is 46.3 Å². The van der Waals surface area contributed by atoms with Gasteiger partial charge >= 0.3 is 0 Å². The zero-order valence-corrected chi connectivity index (χ0v) is 11.1. The Hall–Kier alpha value is -1.32. The minimum atomic E-state index is 0.254. The Kier molecular flexibility index (Phi) is 3.50. The topological polar surface area (TPSA) is 24.1 Å². The summed E-state index contributed by atoms with van der Waals surface area (Å²) in [6, 6.07) is 0.254. The lowest BCUT2D eigenvalue weighted by atomic mass is 9.99. The summed E-state index contributed by atoms with van der Waals surface area (Å²) in [4.78, 5) is 2.53. The van der Waals surface area contributed by atoms with Crippen LogP contribution in [0.3, 0.4) is 0 Å². The van der Waals surface area contributed by atoms with Crippen LogP contribution in [0.2, 0.25) is 0 Å². The highest BCUT2D eigenvalue weighted by Crippen LogP contribution is 2.35. The average molecular weight is 246 g/mol. The normalized spacial score (nSPS) is 23.2. The van der Waals surface area contributed by atoms with Gasteiger partial charge in [0.2, 0.25) is 0 Å². The molecule has 0 saturated heterocycles. The fourth-order valence-electron chi connectivity index (χ4n) is 2.19. The van der Waals surface area contributed by atoms with Crippen LogP contribution in [0.25, 0.3) is 12.2 Å². The van der Waals surface area contributed by atoms with Crippen LogP contribution in [0, 0.1) is 6.92 Å². The minimum Gasteiger partial charge on any atom is -0.376 e. The molecule has 2 nitrogen and oxygen atoms in total. The number of nitrogens with one attached hydrogen (secondary N) is 2. The highest BCUT2D eigenvalue weighted by atomic mass is 32.1. The van der Waals surface area contributed by atoms with Crippen molar-refractivity contribution in [3.8, 4) is 0 Å². The van der Waals surface area contributed by atoms with Gasteiger partial charge in [0, 0.05) is 9.75 Å². The Labute approximate surface area is 107 Å². The molecule has 0 spiro atoms. The second kappa shape index (κ2) is 4.90. The van der Waals surface area contributed by atoms with Gasteiger partial charge in [-0.3, -0.25) is 5.32 Å². The van der Waals surface area contributed by atoms with Gasteiger partial charge in [-0.15, -0.1) is 11.3 Å². The van der Waals surface area contributed by atoms with Crippen molar-refractivity contribution in [2.75, 3.05) is 0 Å². The van der Waals surface area contributed by atoms with Gasteiger partial charge in [0.1, 0.15) is 0 Å².